The van der Waals surface area contributed by atoms with E-state index in [0.717, 1.165) is 24.3 Å². The number of hydrogen-bond donors (Lipinski definition) is 6. The molecule has 0 saturated carbocycles. The number of benzene rings is 2. The standard InChI is InChI=1S/2C7H6O5.Fe/c2*8-4-1-3(7(11)12)2-5(9)6(4)10;/h2*1-2,8-10H,(H,11,12);/q;;+2/p-2. The Balaban J connectivity index is 0.000000443. The van der Waals surface area contributed by atoms with Crippen LogP contribution >= 0.6 is 0 Å². The Labute approximate surface area is 149 Å². The number of phenols is 6. The van der Waals surface area contributed by atoms with Gasteiger partial charge in [-0.1, -0.05) is 0 Å². The van der Waals surface area contributed by atoms with Crippen LogP contribution in [0.5, 0.6) is 34.5 Å². The second-order valence-corrected chi connectivity index (χ2v) is 4.30. The van der Waals surface area contributed by atoms with Crippen molar-refractivity contribution in [2.75, 3.05) is 0 Å². The van der Waals surface area contributed by atoms with Gasteiger partial charge in [0.15, 0.2) is 34.5 Å². The molecule has 0 unspecified atom stereocenters. The number of aromatic carboxylic acids is 2. The maximum atomic E-state index is 10.2. The molecule has 2 aromatic carbocycles. The Morgan fingerprint density at radius 2 is 0.800 bits per heavy atom. The van der Waals surface area contributed by atoms with E-state index in [-0.39, 0.29) is 17.1 Å². The fraction of sp³-hybridized carbons (Fsp3) is 0. The minimum atomic E-state index is -1.54. The van der Waals surface area contributed by atoms with Crippen LogP contribution in [0.4, 0.5) is 0 Å². The maximum Gasteiger partial charge on any atom is 2.00 e. The Bertz CT molecular complexity index is 689. The molecule has 0 fully saturated rings. The maximum absolute atomic E-state index is 10.2. The molecule has 0 amide bonds. The number of phenolic OH excluding ortho intramolecular Hbond substituents is 6. The summed E-state index contributed by atoms with van der Waals surface area (Å²) in [6.07, 6.45) is 0. The summed E-state index contributed by atoms with van der Waals surface area (Å²) >= 11 is 0. The first-order valence-corrected chi connectivity index (χ1v) is 5.97. The summed E-state index contributed by atoms with van der Waals surface area (Å²) in [6.45, 7) is 0. The molecule has 10 nitrogen and oxygen atoms in total. The Morgan fingerprint density at radius 1 is 0.600 bits per heavy atom. The van der Waals surface area contributed by atoms with Crippen LogP contribution < -0.4 is 10.2 Å². The van der Waals surface area contributed by atoms with E-state index >= 15 is 0 Å². The van der Waals surface area contributed by atoms with E-state index in [1.807, 2.05) is 0 Å². The van der Waals surface area contributed by atoms with Crippen LogP contribution in [0.25, 0.3) is 0 Å². The van der Waals surface area contributed by atoms with E-state index in [9.17, 15) is 19.8 Å². The fourth-order valence-electron chi connectivity index (χ4n) is 1.44. The molecule has 0 bridgehead atoms. The van der Waals surface area contributed by atoms with Gasteiger partial charge in [-0.05, 0) is 24.3 Å². The Morgan fingerprint density at radius 3 is 0.960 bits per heavy atom. The smallest absolute Gasteiger partial charge is 0.545 e. The first-order valence-electron chi connectivity index (χ1n) is 5.97. The van der Waals surface area contributed by atoms with Gasteiger partial charge in [0.25, 0.3) is 0 Å². The summed E-state index contributed by atoms with van der Waals surface area (Å²) in [5.41, 5.74) is -0.800. The van der Waals surface area contributed by atoms with Crippen molar-refractivity contribution in [1.82, 2.24) is 0 Å². The summed E-state index contributed by atoms with van der Waals surface area (Å²) in [5, 5.41) is 73.3. The van der Waals surface area contributed by atoms with Crippen molar-refractivity contribution in [3.8, 4) is 34.5 Å². The van der Waals surface area contributed by atoms with Gasteiger partial charge in [0.1, 0.15) is 0 Å². The predicted molar refractivity (Wildman–Crippen MR) is 71.5 cm³/mol. The number of aromatic hydroxyl groups is 6. The molecule has 0 aliphatic heterocycles. The molecule has 0 heterocycles. The molecule has 2 aromatic rings. The van der Waals surface area contributed by atoms with Crippen molar-refractivity contribution in [2.24, 2.45) is 0 Å². The van der Waals surface area contributed by atoms with Gasteiger partial charge in [0.2, 0.25) is 0 Å². The Hall–Kier alpha value is -3.30. The minimum Gasteiger partial charge on any atom is -0.545 e. The zero-order valence-electron chi connectivity index (χ0n) is 12.0. The van der Waals surface area contributed by atoms with Crippen LogP contribution in [0.1, 0.15) is 20.7 Å². The van der Waals surface area contributed by atoms with Gasteiger partial charge < -0.3 is 50.4 Å². The molecule has 0 aliphatic carbocycles. The van der Waals surface area contributed by atoms with Gasteiger partial charge in [-0.25, -0.2) is 0 Å². The third-order valence-electron chi connectivity index (χ3n) is 2.61. The van der Waals surface area contributed by atoms with Crippen molar-refractivity contribution in [3.63, 3.8) is 0 Å². The van der Waals surface area contributed by atoms with E-state index in [4.69, 9.17) is 30.6 Å². The topological polar surface area (TPSA) is 202 Å². The van der Waals surface area contributed by atoms with Gasteiger partial charge in [-0.3, -0.25) is 0 Å². The summed E-state index contributed by atoms with van der Waals surface area (Å²) in [4.78, 5) is 20.4. The molecular formula is C14H10FeO10. The third kappa shape index (κ3) is 5.37. The van der Waals surface area contributed by atoms with Gasteiger partial charge in [0.05, 0.1) is 11.9 Å². The second kappa shape index (κ2) is 8.52. The Kier molecular flexibility index (Phi) is 7.40. The van der Waals surface area contributed by atoms with E-state index < -0.39 is 57.6 Å². The number of hydrogen-bond acceptors (Lipinski definition) is 10. The summed E-state index contributed by atoms with van der Waals surface area (Å²) in [5.74, 6) is -7.38. The monoisotopic (exact) mass is 394 g/mol. The number of carbonyl (C=O) groups excluding carboxylic acids is 2. The summed E-state index contributed by atoms with van der Waals surface area (Å²) in [6, 6.07) is 3.13. The van der Waals surface area contributed by atoms with Gasteiger partial charge in [0, 0.05) is 11.1 Å². The van der Waals surface area contributed by atoms with Crippen LogP contribution in [0.15, 0.2) is 24.3 Å². The molecule has 2 rings (SSSR count). The minimum absolute atomic E-state index is 0. The van der Waals surface area contributed by atoms with E-state index in [2.05, 4.69) is 0 Å². The molecule has 6 N–H and O–H groups in total. The summed E-state index contributed by atoms with van der Waals surface area (Å²) < 4.78 is 0. The molecule has 0 aliphatic rings. The molecular weight excluding hydrogens is 384 g/mol. The first-order chi connectivity index (χ1) is 11.0. The van der Waals surface area contributed by atoms with Crippen molar-refractivity contribution in [3.05, 3.63) is 35.4 Å². The van der Waals surface area contributed by atoms with Gasteiger partial charge in [-0.2, -0.15) is 0 Å². The first kappa shape index (κ1) is 21.7. The molecule has 0 aromatic heterocycles. The molecule has 25 heavy (non-hydrogen) atoms. The molecule has 0 radical (unpaired) electrons. The fourth-order valence-corrected chi connectivity index (χ4v) is 1.44. The largest absolute Gasteiger partial charge is 2.00 e. The number of carbonyl (C=O) groups is 2. The molecule has 11 heteroatoms. The zero-order chi connectivity index (χ0) is 18.6. The van der Waals surface area contributed by atoms with Crippen LogP contribution in [0.2, 0.25) is 0 Å². The van der Waals surface area contributed by atoms with E-state index in [0.29, 0.717) is 0 Å². The molecule has 0 saturated heterocycles. The van der Waals surface area contributed by atoms with Crippen LogP contribution in [-0.4, -0.2) is 42.6 Å². The molecule has 0 atom stereocenters. The van der Waals surface area contributed by atoms with Crippen LogP contribution in [0.3, 0.4) is 0 Å². The second-order valence-electron chi connectivity index (χ2n) is 4.30. The summed E-state index contributed by atoms with van der Waals surface area (Å²) in [7, 11) is 0. The van der Waals surface area contributed by atoms with Gasteiger partial charge >= 0.3 is 17.1 Å². The SMILES string of the molecule is O=C([O-])c1cc(O)c(O)c(O)c1.O=C([O-])c1cc(O)c(O)c(O)c1.[Fe+2]. The van der Waals surface area contributed by atoms with E-state index in [1.165, 1.54) is 0 Å². The average Bonchev–Trinajstić information content (AvgIpc) is 2.49. The van der Waals surface area contributed by atoms with Crippen molar-refractivity contribution in [1.29, 1.82) is 0 Å². The van der Waals surface area contributed by atoms with Crippen molar-refractivity contribution >= 4 is 11.9 Å². The van der Waals surface area contributed by atoms with E-state index in [1.54, 1.807) is 0 Å². The molecule has 0 spiro atoms. The number of carboxylic acids is 2. The average molecular weight is 394 g/mol. The normalized spacial score (nSPS) is 9.28. The zero-order valence-corrected chi connectivity index (χ0v) is 13.1. The van der Waals surface area contributed by atoms with Crippen LogP contribution in [-0.2, 0) is 17.1 Å². The van der Waals surface area contributed by atoms with Crippen molar-refractivity contribution in [2.45, 2.75) is 0 Å². The van der Waals surface area contributed by atoms with Gasteiger partial charge in [-0.15, -0.1) is 0 Å². The number of rotatable bonds is 2. The third-order valence-corrected chi connectivity index (χ3v) is 2.61. The number of carboxylic acid groups (broad SMARTS) is 2. The van der Waals surface area contributed by atoms with Crippen LogP contribution in [0, 0.1) is 0 Å². The quantitative estimate of drug-likeness (QED) is 0.253. The predicted octanol–water partition coefficient (Wildman–Crippen LogP) is -1.67. The molecule has 134 valence electrons. The van der Waals surface area contributed by atoms with Crippen molar-refractivity contribution < 1.29 is 67.5 Å².